The zero-order valence-corrected chi connectivity index (χ0v) is 29.9. The van der Waals surface area contributed by atoms with E-state index in [1.807, 2.05) is 18.3 Å². The van der Waals surface area contributed by atoms with E-state index in [-0.39, 0.29) is 0 Å². The summed E-state index contributed by atoms with van der Waals surface area (Å²) in [6.07, 6.45) is 0. The van der Waals surface area contributed by atoms with Gasteiger partial charge in [0.05, 0.1) is 0 Å². The van der Waals surface area contributed by atoms with Crippen LogP contribution in [0.15, 0.2) is 180 Å². The second kappa shape index (κ2) is 11.8. The zero-order chi connectivity index (χ0) is 35.0. The Morgan fingerprint density at radius 1 is 0.321 bits per heavy atom. The van der Waals surface area contributed by atoms with E-state index in [9.17, 15) is 0 Å². The van der Waals surface area contributed by atoms with Gasteiger partial charge in [0.2, 0.25) is 0 Å². The largest absolute Gasteiger partial charge is 0.461 e. The number of furan rings is 1. The first-order valence-corrected chi connectivity index (χ1v) is 19.0. The molecule has 0 bridgehead atoms. The summed E-state index contributed by atoms with van der Waals surface area (Å²) < 4.78 is 8.84. The predicted molar refractivity (Wildman–Crippen MR) is 228 cm³/mol. The molecule has 248 valence electrons. The molecule has 2 heterocycles. The zero-order valence-electron chi connectivity index (χ0n) is 29.1. The summed E-state index contributed by atoms with van der Waals surface area (Å²) in [5.41, 5.74) is 8.72. The summed E-state index contributed by atoms with van der Waals surface area (Å²) >= 11 is 1.88. The first-order valence-electron chi connectivity index (χ1n) is 18.2. The first kappa shape index (κ1) is 30.2. The molecular weight excluding hydrogens is 661 g/mol. The summed E-state index contributed by atoms with van der Waals surface area (Å²) in [6.45, 7) is 2.01. The van der Waals surface area contributed by atoms with Gasteiger partial charge in [-0.2, -0.15) is 0 Å². The van der Waals surface area contributed by atoms with E-state index in [0.29, 0.717) is 0 Å². The van der Waals surface area contributed by atoms with Crippen LogP contribution in [-0.4, -0.2) is 0 Å². The fourth-order valence-corrected chi connectivity index (χ4v) is 9.84. The molecule has 0 spiro atoms. The molecule has 11 aromatic rings. The fourth-order valence-electron chi connectivity index (χ4n) is 8.72. The van der Waals surface area contributed by atoms with Gasteiger partial charge in [-0.3, -0.25) is 0 Å². The SMILES string of the molecule is Cc1ccc(-c2c3ccccc3c(-c3ccc4sc5cc(-c6c7ccccc7c(-c7ccccc7)c7ccccc67)ccc5c4c3)c3ccccc23)o1. The molecule has 0 saturated carbocycles. The van der Waals surface area contributed by atoms with Crippen molar-refractivity contribution in [2.75, 3.05) is 0 Å². The highest BCUT2D eigenvalue weighted by atomic mass is 32.1. The van der Waals surface area contributed by atoms with Crippen molar-refractivity contribution in [2.24, 2.45) is 0 Å². The lowest BCUT2D eigenvalue weighted by Gasteiger charge is -2.17. The molecule has 53 heavy (non-hydrogen) atoms. The van der Waals surface area contributed by atoms with Crippen LogP contribution >= 0.6 is 11.3 Å². The third-order valence-corrected chi connectivity index (χ3v) is 12.1. The second-order valence-electron chi connectivity index (χ2n) is 14.0. The van der Waals surface area contributed by atoms with E-state index in [0.717, 1.165) is 17.1 Å². The van der Waals surface area contributed by atoms with Crippen LogP contribution in [0.1, 0.15) is 5.76 Å². The molecule has 0 amide bonds. The maximum Gasteiger partial charge on any atom is 0.135 e. The first-order chi connectivity index (χ1) is 26.2. The van der Waals surface area contributed by atoms with Gasteiger partial charge in [0, 0.05) is 25.7 Å². The van der Waals surface area contributed by atoms with Crippen molar-refractivity contribution < 1.29 is 4.42 Å². The average Bonchev–Trinajstić information content (AvgIpc) is 3.81. The van der Waals surface area contributed by atoms with Gasteiger partial charge in [0.1, 0.15) is 11.5 Å². The number of benzene rings is 9. The number of aryl methyl sites for hydroxylation is 1. The Kier molecular flexibility index (Phi) is 6.71. The van der Waals surface area contributed by atoms with E-state index >= 15 is 0 Å². The lowest BCUT2D eigenvalue weighted by atomic mass is 9.86. The molecule has 9 aromatic carbocycles. The molecule has 0 aliphatic rings. The van der Waals surface area contributed by atoms with E-state index in [2.05, 4.69) is 176 Å². The Morgan fingerprint density at radius 3 is 1.28 bits per heavy atom. The van der Waals surface area contributed by atoms with Gasteiger partial charge in [-0.15, -0.1) is 11.3 Å². The average molecular weight is 693 g/mol. The molecule has 1 nitrogen and oxygen atoms in total. The van der Waals surface area contributed by atoms with Gasteiger partial charge in [-0.05, 0) is 114 Å². The molecule has 0 saturated heterocycles. The van der Waals surface area contributed by atoms with Crippen LogP contribution in [0, 0.1) is 6.92 Å². The predicted octanol–water partition coefficient (Wildman–Crippen LogP) is 15.2. The molecule has 0 aliphatic heterocycles. The minimum Gasteiger partial charge on any atom is -0.461 e. The van der Waals surface area contributed by atoms with Gasteiger partial charge in [0.25, 0.3) is 0 Å². The van der Waals surface area contributed by atoms with Crippen LogP contribution in [0.3, 0.4) is 0 Å². The Bertz CT molecular complexity index is 3120. The van der Waals surface area contributed by atoms with Crippen LogP contribution in [0.2, 0.25) is 0 Å². The lowest BCUT2D eigenvalue weighted by molar-refractivity contribution is 0.549. The van der Waals surface area contributed by atoms with E-state index in [4.69, 9.17) is 4.42 Å². The van der Waals surface area contributed by atoms with Crippen LogP contribution in [-0.2, 0) is 0 Å². The summed E-state index contributed by atoms with van der Waals surface area (Å²) in [4.78, 5) is 0. The number of fused-ring (bicyclic) bond motifs is 7. The minimum absolute atomic E-state index is 0.909. The number of hydrogen-bond acceptors (Lipinski definition) is 2. The Balaban J connectivity index is 1.13. The molecule has 11 rings (SSSR count). The Hall–Kier alpha value is -6.48. The molecule has 0 fully saturated rings. The molecule has 0 N–H and O–H groups in total. The van der Waals surface area contributed by atoms with Crippen molar-refractivity contribution in [2.45, 2.75) is 6.92 Å². The number of thiophene rings is 1. The third kappa shape index (κ3) is 4.63. The third-order valence-electron chi connectivity index (χ3n) is 11.0. The molecule has 2 aromatic heterocycles. The summed E-state index contributed by atoms with van der Waals surface area (Å²) in [6, 6.07) is 64.5. The molecule has 0 radical (unpaired) electrons. The van der Waals surface area contributed by atoms with Gasteiger partial charge in [0.15, 0.2) is 0 Å². The maximum absolute atomic E-state index is 6.24. The van der Waals surface area contributed by atoms with E-state index in [1.165, 1.54) is 96.6 Å². The van der Waals surface area contributed by atoms with Crippen LogP contribution in [0.25, 0.3) is 108 Å². The topological polar surface area (TPSA) is 13.1 Å². The minimum atomic E-state index is 0.909. The fraction of sp³-hybridized carbons (Fsp3) is 0.0196. The van der Waals surface area contributed by atoms with Crippen molar-refractivity contribution in [3.8, 4) is 44.7 Å². The molecular formula is C51H32OS. The summed E-state index contributed by atoms with van der Waals surface area (Å²) in [5, 5.41) is 12.6. The second-order valence-corrected chi connectivity index (χ2v) is 15.1. The standard InChI is InChI=1S/C51H32OS/c1-31-23-27-45(52-31)51-42-21-11-9-19-40(42)49(41-20-10-12-22-43(41)51)33-25-28-46-44(29-33)35-26-24-34(30-47(35)53-46)50-38-17-7-5-15-36(38)48(32-13-3-2-4-14-32)37-16-6-8-18-39(37)50/h2-30H,1H3. The smallest absolute Gasteiger partial charge is 0.135 e. The number of hydrogen-bond donors (Lipinski definition) is 0. The van der Waals surface area contributed by atoms with Crippen molar-refractivity contribution >= 4 is 74.6 Å². The van der Waals surface area contributed by atoms with Crippen molar-refractivity contribution in [3.05, 3.63) is 182 Å². The van der Waals surface area contributed by atoms with Crippen molar-refractivity contribution in [3.63, 3.8) is 0 Å². The molecule has 0 atom stereocenters. The normalized spacial score (nSPS) is 11.9. The van der Waals surface area contributed by atoms with Gasteiger partial charge < -0.3 is 4.42 Å². The van der Waals surface area contributed by atoms with Gasteiger partial charge >= 0.3 is 0 Å². The highest BCUT2D eigenvalue weighted by Gasteiger charge is 2.20. The van der Waals surface area contributed by atoms with Crippen LogP contribution in [0.5, 0.6) is 0 Å². The quantitative estimate of drug-likeness (QED) is 0.167. The van der Waals surface area contributed by atoms with Crippen molar-refractivity contribution in [1.29, 1.82) is 0 Å². The van der Waals surface area contributed by atoms with E-state index < -0.39 is 0 Å². The van der Waals surface area contributed by atoms with Gasteiger partial charge in [-0.1, -0.05) is 146 Å². The van der Waals surface area contributed by atoms with Gasteiger partial charge in [-0.25, -0.2) is 0 Å². The maximum atomic E-state index is 6.24. The molecule has 0 unspecified atom stereocenters. The lowest BCUT2D eigenvalue weighted by Crippen LogP contribution is -1.90. The van der Waals surface area contributed by atoms with E-state index in [1.54, 1.807) is 0 Å². The van der Waals surface area contributed by atoms with Crippen molar-refractivity contribution in [1.82, 2.24) is 0 Å². The molecule has 0 aliphatic carbocycles. The highest BCUT2D eigenvalue weighted by Crippen LogP contribution is 2.48. The highest BCUT2D eigenvalue weighted by molar-refractivity contribution is 7.25. The Morgan fingerprint density at radius 2 is 0.774 bits per heavy atom. The Labute approximate surface area is 311 Å². The summed E-state index contributed by atoms with van der Waals surface area (Å²) in [5.74, 6) is 1.83. The van der Waals surface area contributed by atoms with Crippen LogP contribution < -0.4 is 0 Å². The monoisotopic (exact) mass is 692 g/mol. The van der Waals surface area contributed by atoms with Crippen LogP contribution in [0.4, 0.5) is 0 Å². The summed E-state index contributed by atoms with van der Waals surface area (Å²) in [7, 11) is 0. The number of rotatable bonds is 4. The molecule has 2 heteroatoms.